The highest BCUT2D eigenvalue weighted by atomic mass is 16.3. The summed E-state index contributed by atoms with van der Waals surface area (Å²) in [7, 11) is 0. The number of hydrogen-bond acceptors (Lipinski definition) is 3. The Morgan fingerprint density at radius 1 is 0.352 bits per heavy atom. The van der Waals surface area contributed by atoms with Gasteiger partial charge in [0.15, 0.2) is 0 Å². The van der Waals surface area contributed by atoms with Crippen LogP contribution in [-0.2, 0) is 0 Å². The van der Waals surface area contributed by atoms with Crippen LogP contribution < -0.4 is 0 Å². The van der Waals surface area contributed by atoms with Gasteiger partial charge in [-0.1, -0.05) is 121 Å². The molecule has 4 nitrogen and oxygen atoms in total. The van der Waals surface area contributed by atoms with Gasteiger partial charge in [0.2, 0.25) is 0 Å². The number of fused-ring (bicyclic) bond motifs is 2. The molecular weight excluding hydrogens is 659 g/mol. The molecule has 0 aliphatic heterocycles. The lowest BCUT2D eigenvalue weighted by atomic mass is 9.98. The van der Waals surface area contributed by atoms with Gasteiger partial charge in [0, 0.05) is 38.4 Å². The van der Waals surface area contributed by atoms with E-state index in [1.54, 1.807) is 0 Å². The molecule has 4 heteroatoms. The van der Waals surface area contributed by atoms with Gasteiger partial charge >= 0.3 is 0 Å². The molecule has 0 saturated carbocycles. The lowest BCUT2D eigenvalue weighted by Crippen LogP contribution is -1.96. The Balaban J connectivity index is 1.03. The molecule has 250 valence electrons. The van der Waals surface area contributed by atoms with Crippen molar-refractivity contribution in [1.29, 1.82) is 0 Å². The third-order valence-corrected chi connectivity index (χ3v) is 11.1. The first-order valence-electron chi connectivity index (χ1n) is 18.3. The molecule has 54 heavy (non-hydrogen) atoms. The Hall–Kier alpha value is -7.30. The van der Waals surface area contributed by atoms with Crippen molar-refractivity contribution in [1.82, 2.24) is 14.5 Å². The molecule has 0 atom stereocenters. The van der Waals surface area contributed by atoms with Crippen molar-refractivity contribution in [2.75, 3.05) is 0 Å². The van der Waals surface area contributed by atoms with Gasteiger partial charge in [0.25, 0.3) is 0 Å². The molecule has 0 aliphatic rings. The highest BCUT2D eigenvalue weighted by molar-refractivity contribution is 6.33. The van der Waals surface area contributed by atoms with Gasteiger partial charge in [0.05, 0.1) is 33.5 Å². The summed E-state index contributed by atoms with van der Waals surface area (Å²) in [6, 6.07) is 62.4. The van der Waals surface area contributed by atoms with Crippen LogP contribution in [0.1, 0.15) is 0 Å². The number of benzene rings is 9. The van der Waals surface area contributed by atoms with Gasteiger partial charge in [-0.3, -0.25) is 0 Å². The van der Waals surface area contributed by atoms with Gasteiger partial charge in [-0.05, 0) is 87.3 Å². The topological polar surface area (TPSA) is 43.9 Å². The van der Waals surface area contributed by atoms with E-state index >= 15 is 0 Å². The SMILES string of the molecule is c1ccc(-c2ccc(-c3nc4ccccc4nc3-c3ccc4cc(-n5c6ccc7cccc8oc9cccc%10ccc5c(c%109)c6c78)ccc4c3)cc2)cc1. The van der Waals surface area contributed by atoms with Crippen molar-refractivity contribution >= 4 is 76.3 Å². The van der Waals surface area contributed by atoms with Gasteiger partial charge in [0.1, 0.15) is 11.2 Å². The Bertz CT molecular complexity index is 3330. The van der Waals surface area contributed by atoms with Crippen LogP contribution in [0, 0.1) is 0 Å². The van der Waals surface area contributed by atoms with E-state index in [-0.39, 0.29) is 0 Å². The molecule has 0 spiro atoms. The number of hydrogen-bond donors (Lipinski definition) is 0. The summed E-state index contributed by atoms with van der Waals surface area (Å²) in [4.78, 5) is 10.4. The zero-order valence-electron chi connectivity index (χ0n) is 29.0. The molecule has 0 aliphatic carbocycles. The normalized spacial score (nSPS) is 12.1. The summed E-state index contributed by atoms with van der Waals surface area (Å²) in [5, 5.41) is 9.47. The first kappa shape index (κ1) is 29.3. The van der Waals surface area contributed by atoms with Gasteiger partial charge in [-0.15, -0.1) is 0 Å². The number of aromatic nitrogens is 3. The second kappa shape index (κ2) is 11.1. The fraction of sp³-hybridized carbons (Fsp3) is 0. The van der Waals surface area contributed by atoms with E-state index in [9.17, 15) is 0 Å². The second-order valence-corrected chi connectivity index (χ2v) is 14.2. The molecule has 9 aromatic carbocycles. The fourth-order valence-electron chi connectivity index (χ4n) is 8.62. The third kappa shape index (κ3) is 4.25. The third-order valence-electron chi connectivity index (χ3n) is 11.1. The van der Waals surface area contributed by atoms with E-state index in [1.165, 1.54) is 43.7 Å². The minimum Gasteiger partial charge on any atom is -0.456 e. The van der Waals surface area contributed by atoms with E-state index in [0.29, 0.717) is 0 Å². The van der Waals surface area contributed by atoms with Crippen LogP contribution in [0.15, 0.2) is 180 Å². The Kier molecular flexibility index (Phi) is 6.02. The summed E-state index contributed by atoms with van der Waals surface area (Å²) in [5.41, 5.74) is 13.2. The summed E-state index contributed by atoms with van der Waals surface area (Å²) in [5.74, 6) is 0. The predicted molar refractivity (Wildman–Crippen MR) is 224 cm³/mol. The molecule has 0 N–H and O–H groups in total. The van der Waals surface area contributed by atoms with Crippen molar-refractivity contribution in [3.8, 4) is 39.3 Å². The standard InChI is InChI=1S/C50H29N3O/c1-2-8-30(9-3-1)31-16-18-34(19-17-31)49-50(52-40-13-5-4-12-39(40)51-49)37-21-20-36-29-38(25-22-35(36)28-37)53-41-26-23-32-10-6-14-43-45(32)47(41)48-42(53)27-24-33-11-7-15-44(54-43)46(33)48/h1-29H. The Morgan fingerprint density at radius 2 is 0.870 bits per heavy atom. The molecule has 12 aromatic rings. The van der Waals surface area contributed by atoms with E-state index in [2.05, 4.69) is 150 Å². The maximum atomic E-state index is 6.63. The molecule has 3 heterocycles. The van der Waals surface area contributed by atoms with Crippen LogP contribution >= 0.6 is 0 Å². The minimum absolute atomic E-state index is 0.872. The lowest BCUT2D eigenvalue weighted by Gasteiger charge is -2.13. The second-order valence-electron chi connectivity index (χ2n) is 14.2. The van der Waals surface area contributed by atoms with Crippen LogP contribution in [0.5, 0.6) is 0 Å². The number of rotatable bonds is 4. The van der Waals surface area contributed by atoms with Crippen LogP contribution in [0.2, 0.25) is 0 Å². The molecule has 0 bridgehead atoms. The number of nitrogens with zero attached hydrogens (tertiary/aromatic N) is 3. The molecule has 0 radical (unpaired) electrons. The van der Waals surface area contributed by atoms with Gasteiger partial charge in [-0.25, -0.2) is 9.97 Å². The average molecular weight is 688 g/mol. The zero-order valence-corrected chi connectivity index (χ0v) is 29.0. The molecule has 0 unspecified atom stereocenters. The smallest absolute Gasteiger partial charge is 0.135 e. The minimum atomic E-state index is 0.872. The van der Waals surface area contributed by atoms with Crippen LogP contribution in [-0.4, -0.2) is 14.5 Å². The zero-order chi connectivity index (χ0) is 35.3. The highest BCUT2D eigenvalue weighted by Crippen LogP contribution is 2.45. The van der Waals surface area contributed by atoms with E-state index < -0.39 is 0 Å². The summed E-state index contributed by atoms with van der Waals surface area (Å²) < 4.78 is 9.05. The molecular formula is C50H29N3O. The van der Waals surface area contributed by atoms with Crippen molar-refractivity contribution in [3.63, 3.8) is 0 Å². The molecule has 3 aromatic heterocycles. The van der Waals surface area contributed by atoms with Crippen molar-refractivity contribution in [2.24, 2.45) is 0 Å². The van der Waals surface area contributed by atoms with Crippen molar-refractivity contribution in [3.05, 3.63) is 176 Å². The maximum absolute atomic E-state index is 6.63. The first-order chi connectivity index (χ1) is 26.7. The Labute approximate surface area is 309 Å². The molecule has 0 fully saturated rings. The number of para-hydroxylation sites is 2. The van der Waals surface area contributed by atoms with Gasteiger partial charge in [-0.2, -0.15) is 0 Å². The highest BCUT2D eigenvalue weighted by Gasteiger charge is 2.22. The molecule has 12 rings (SSSR count). The van der Waals surface area contributed by atoms with E-state index in [1.807, 2.05) is 30.3 Å². The van der Waals surface area contributed by atoms with E-state index in [0.717, 1.165) is 71.9 Å². The van der Waals surface area contributed by atoms with E-state index in [4.69, 9.17) is 14.4 Å². The van der Waals surface area contributed by atoms with Crippen LogP contribution in [0.3, 0.4) is 0 Å². The molecule has 0 amide bonds. The lowest BCUT2D eigenvalue weighted by molar-refractivity contribution is 0.664. The van der Waals surface area contributed by atoms with Crippen molar-refractivity contribution in [2.45, 2.75) is 0 Å². The maximum Gasteiger partial charge on any atom is 0.135 e. The average Bonchev–Trinajstić information content (AvgIpc) is 3.49. The van der Waals surface area contributed by atoms with Crippen LogP contribution in [0.4, 0.5) is 0 Å². The predicted octanol–water partition coefficient (Wildman–Crippen LogP) is 13.4. The monoisotopic (exact) mass is 687 g/mol. The fourth-order valence-corrected chi connectivity index (χ4v) is 8.62. The molecule has 0 saturated heterocycles. The Morgan fingerprint density at radius 3 is 1.54 bits per heavy atom. The van der Waals surface area contributed by atoms with Crippen molar-refractivity contribution < 1.29 is 4.42 Å². The summed E-state index contributed by atoms with van der Waals surface area (Å²) >= 11 is 0. The van der Waals surface area contributed by atoms with Gasteiger partial charge < -0.3 is 8.98 Å². The van der Waals surface area contributed by atoms with Crippen LogP contribution in [0.25, 0.3) is 116 Å². The largest absolute Gasteiger partial charge is 0.456 e. The summed E-state index contributed by atoms with van der Waals surface area (Å²) in [6.07, 6.45) is 0. The first-order valence-corrected chi connectivity index (χ1v) is 18.3. The quantitative estimate of drug-likeness (QED) is 0.185. The summed E-state index contributed by atoms with van der Waals surface area (Å²) in [6.45, 7) is 0.